The van der Waals surface area contributed by atoms with Crippen LogP contribution in [0.15, 0.2) is 36.5 Å². The molecule has 2 heterocycles. The monoisotopic (exact) mass is 273 g/mol. The van der Waals surface area contributed by atoms with Crippen LogP contribution in [0.4, 0.5) is 0 Å². The maximum atomic E-state index is 11.1. The van der Waals surface area contributed by atoms with Crippen molar-refractivity contribution in [2.24, 2.45) is 5.41 Å². The number of fused-ring (bicyclic) bond motifs is 1. The van der Waals surface area contributed by atoms with Crippen molar-refractivity contribution in [3.63, 3.8) is 0 Å². The van der Waals surface area contributed by atoms with E-state index in [1.807, 2.05) is 30.0 Å². The average Bonchev–Trinajstić information content (AvgIpc) is 2.36. The highest BCUT2D eigenvalue weighted by atomic mass is 32.2. The van der Waals surface area contributed by atoms with E-state index in [1.54, 1.807) is 6.20 Å². The number of rotatable bonds is 1. The molecule has 1 aromatic carbocycles. The topological polar surface area (TPSA) is 33.1 Å². The third-order valence-corrected chi connectivity index (χ3v) is 5.41. The standard InChI is InChI=1S/C16H19NOS/c1-15(2)9-16(18,11-19-10-15)13-7-3-5-12-6-4-8-17-14(12)13/h3-8,18H,9-11H2,1-2H3. The van der Waals surface area contributed by atoms with Gasteiger partial charge in [0.15, 0.2) is 0 Å². The van der Waals surface area contributed by atoms with Gasteiger partial charge in [-0.3, -0.25) is 4.98 Å². The van der Waals surface area contributed by atoms with E-state index in [0.29, 0.717) is 0 Å². The lowest BCUT2D eigenvalue weighted by Crippen LogP contribution is -2.40. The smallest absolute Gasteiger partial charge is 0.101 e. The summed E-state index contributed by atoms with van der Waals surface area (Å²) in [4.78, 5) is 4.48. The molecule has 0 bridgehead atoms. The van der Waals surface area contributed by atoms with Crippen LogP contribution in [0, 0.1) is 5.41 Å². The molecule has 1 fully saturated rings. The molecule has 19 heavy (non-hydrogen) atoms. The van der Waals surface area contributed by atoms with E-state index < -0.39 is 5.60 Å². The second-order valence-electron chi connectivity index (χ2n) is 6.25. The summed E-state index contributed by atoms with van der Waals surface area (Å²) in [6, 6.07) is 10.1. The van der Waals surface area contributed by atoms with Gasteiger partial charge in [-0.15, -0.1) is 0 Å². The number of aromatic nitrogens is 1. The Kier molecular flexibility index (Phi) is 3.06. The molecule has 0 radical (unpaired) electrons. The number of hydrogen-bond donors (Lipinski definition) is 1. The van der Waals surface area contributed by atoms with Gasteiger partial charge in [-0.05, 0) is 23.7 Å². The molecule has 2 aromatic rings. The SMILES string of the molecule is CC1(C)CSCC(O)(c2cccc3cccnc23)C1. The molecule has 0 aliphatic carbocycles. The van der Waals surface area contributed by atoms with Gasteiger partial charge in [-0.1, -0.05) is 38.1 Å². The molecule has 1 aromatic heterocycles. The van der Waals surface area contributed by atoms with Crippen molar-refractivity contribution in [2.75, 3.05) is 11.5 Å². The average molecular weight is 273 g/mol. The highest BCUT2D eigenvalue weighted by Gasteiger charge is 2.41. The minimum atomic E-state index is -0.764. The Bertz CT molecular complexity index is 605. The number of nitrogens with zero attached hydrogens (tertiary/aromatic N) is 1. The molecule has 1 N–H and O–H groups in total. The molecule has 100 valence electrons. The Balaban J connectivity index is 2.13. The summed E-state index contributed by atoms with van der Waals surface area (Å²) >= 11 is 1.83. The second-order valence-corrected chi connectivity index (χ2v) is 7.23. The van der Waals surface area contributed by atoms with Gasteiger partial charge in [0.25, 0.3) is 0 Å². The normalized spacial score (nSPS) is 26.5. The molecule has 1 aliphatic heterocycles. The predicted octanol–water partition coefficient (Wildman–Crippen LogP) is 3.59. The van der Waals surface area contributed by atoms with Crippen molar-refractivity contribution >= 4 is 22.7 Å². The highest BCUT2D eigenvalue weighted by Crippen LogP contribution is 2.45. The first kappa shape index (κ1) is 12.9. The largest absolute Gasteiger partial charge is 0.384 e. The molecule has 0 spiro atoms. The summed E-state index contributed by atoms with van der Waals surface area (Å²) in [6.45, 7) is 4.45. The molecule has 3 rings (SSSR count). The Morgan fingerprint density at radius 2 is 1.95 bits per heavy atom. The third-order valence-electron chi connectivity index (χ3n) is 3.74. The van der Waals surface area contributed by atoms with Crippen LogP contribution in [0.2, 0.25) is 0 Å². The van der Waals surface area contributed by atoms with Crippen LogP contribution < -0.4 is 0 Å². The van der Waals surface area contributed by atoms with Crippen molar-refractivity contribution in [3.8, 4) is 0 Å². The number of pyridine rings is 1. The van der Waals surface area contributed by atoms with Gasteiger partial charge in [-0.25, -0.2) is 0 Å². The van der Waals surface area contributed by atoms with E-state index in [0.717, 1.165) is 34.4 Å². The lowest BCUT2D eigenvalue weighted by Gasteiger charge is -2.41. The van der Waals surface area contributed by atoms with Gasteiger partial charge < -0.3 is 5.11 Å². The van der Waals surface area contributed by atoms with Crippen LogP contribution in [0.1, 0.15) is 25.8 Å². The Hall–Kier alpha value is -1.06. The van der Waals surface area contributed by atoms with Crippen LogP contribution >= 0.6 is 11.8 Å². The number of para-hydroxylation sites is 1. The molecule has 3 heteroatoms. The van der Waals surface area contributed by atoms with Crippen LogP contribution in [-0.4, -0.2) is 21.6 Å². The molecular weight excluding hydrogens is 254 g/mol. The quantitative estimate of drug-likeness (QED) is 0.862. The van der Waals surface area contributed by atoms with Crippen molar-refractivity contribution in [1.82, 2.24) is 4.98 Å². The Morgan fingerprint density at radius 3 is 2.74 bits per heavy atom. The molecule has 1 atom stereocenters. The van der Waals surface area contributed by atoms with E-state index >= 15 is 0 Å². The number of benzene rings is 1. The van der Waals surface area contributed by atoms with E-state index in [2.05, 4.69) is 31.0 Å². The van der Waals surface area contributed by atoms with Gasteiger partial charge in [-0.2, -0.15) is 11.8 Å². The molecule has 0 amide bonds. The summed E-state index contributed by atoms with van der Waals surface area (Å²) in [6.07, 6.45) is 2.60. The minimum absolute atomic E-state index is 0.161. The van der Waals surface area contributed by atoms with Gasteiger partial charge >= 0.3 is 0 Å². The lowest BCUT2D eigenvalue weighted by atomic mass is 9.78. The Morgan fingerprint density at radius 1 is 1.16 bits per heavy atom. The molecule has 1 aliphatic rings. The van der Waals surface area contributed by atoms with Crippen LogP contribution in [0.5, 0.6) is 0 Å². The van der Waals surface area contributed by atoms with Crippen LogP contribution in [0.25, 0.3) is 10.9 Å². The zero-order valence-electron chi connectivity index (χ0n) is 11.4. The summed E-state index contributed by atoms with van der Waals surface area (Å²) in [7, 11) is 0. The van der Waals surface area contributed by atoms with Crippen LogP contribution in [0.3, 0.4) is 0 Å². The van der Waals surface area contributed by atoms with E-state index in [9.17, 15) is 5.11 Å². The van der Waals surface area contributed by atoms with Crippen molar-refractivity contribution in [3.05, 3.63) is 42.1 Å². The van der Waals surface area contributed by atoms with Crippen molar-refractivity contribution in [1.29, 1.82) is 0 Å². The second kappa shape index (κ2) is 4.50. The first-order valence-electron chi connectivity index (χ1n) is 6.65. The molecule has 2 nitrogen and oxygen atoms in total. The summed E-state index contributed by atoms with van der Waals surface area (Å²) in [5, 5.41) is 12.2. The third kappa shape index (κ3) is 2.37. The summed E-state index contributed by atoms with van der Waals surface area (Å²) in [5.74, 6) is 1.86. The van der Waals surface area contributed by atoms with Crippen molar-refractivity contribution < 1.29 is 5.11 Å². The van der Waals surface area contributed by atoms with Crippen molar-refractivity contribution in [2.45, 2.75) is 25.9 Å². The van der Waals surface area contributed by atoms with E-state index in [1.165, 1.54) is 0 Å². The highest BCUT2D eigenvalue weighted by molar-refractivity contribution is 7.99. The van der Waals surface area contributed by atoms with Crippen LogP contribution in [-0.2, 0) is 5.60 Å². The number of thioether (sulfide) groups is 1. The maximum absolute atomic E-state index is 11.1. The van der Waals surface area contributed by atoms with Gasteiger partial charge in [0.05, 0.1) is 5.52 Å². The molecular formula is C16H19NOS. The van der Waals surface area contributed by atoms with Gasteiger partial charge in [0.2, 0.25) is 0 Å². The predicted molar refractivity (Wildman–Crippen MR) is 81.4 cm³/mol. The first-order valence-corrected chi connectivity index (χ1v) is 7.80. The zero-order chi connectivity index (χ0) is 13.5. The number of hydrogen-bond acceptors (Lipinski definition) is 3. The summed E-state index contributed by atoms with van der Waals surface area (Å²) in [5.41, 5.74) is 1.31. The lowest BCUT2D eigenvalue weighted by molar-refractivity contribution is 0.0168. The molecule has 0 saturated carbocycles. The first-order chi connectivity index (χ1) is 9.00. The fraction of sp³-hybridized carbons (Fsp3) is 0.438. The zero-order valence-corrected chi connectivity index (χ0v) is 12.2. The molecule has 1 unspecified atom stereocenters. The number of aliphatic hydroxyl groups is 1. The minimum Gasteiger partial charge on any atom is -0.384 e. The fourth-order valence-corrected chi connectivity index (χ4v) is 4.39. The van der Waals surface area contributed by atoms with E-state index in [-0.39, 0.29) is 5.41 Å². The van der Waals surface area contributed by atoms with Gasteiger partial charge in [0.1, 0.15) is 5.60 Å². The van der Waals surface area contributed by atoms with Gasteiger partial charge in [0, 0.05) is 22.9 Å². The maximum Gasteiger partial charge on any atom is 0.101 e. The fourth-order valence-electron chi connectivity index (χ4n) is 3.04. The molecule has 1 saturated heterocycles. The van der Waals surface area contributed by atoms with E-state index in [4.69, 9.17) is 0 Å². The summed E-state index contributed by atoms with van der Waals surface area (Å²) < 4.78 is 0. The Labute approximate surface area is 118 Å².